The summed E-state index contributed by atoms with van der Waals surface area (Å²) >= 11 is 1.48. The van der Waals surface area contributed by atoms with Gasteiger partial charge in [0, 0.05) is 35.7 Å². The molecule has 2 fully saturated rings. The van der Waals surface area contributed by atoms with Gasteiger partial charge in [-0.05, 0) is 31.4 Å². The Kier molecular flexibility index (Phi) is 5.89. The number of hydrogen-bond donors (Lipinski definition) is 0. The Labute approximate surface area is 169 Å². The van der Waals surface area contributed by atoms with Gasteiger partial charge in [-0.25, -0.2) is 8.42 Å². The lowest BCUT2D eigenvalue weighted by molar-refractivity contribution is -0.131. The van der Waals surface area contributed by atoms with Gasteiger partial charge in [0.05, 0.1) is 28.9 Å². The first-order valence-corrected chi connectivity index (χ1v) is 12.4. The molecule has 0 bridgehead atoms. The quantitative estimate of drug-likeness (QED) is 0.669. The molecule has 8 heteroatoms. The Balaban J connectivity index is 1.48. The van der Waals surface area contributed by atoms with Crippen LogP contribution in [0, 0.1) is 0 Å². The first-order chi connectivity index (χ1) is 13.5. The van der Waals surface area contributed by atoms with E-state index < -0.39 is 9.84 Å². The summed E-state index contributed by atoms with van der Waals surface area (Å²) in [6, 6.07) is 9.54. The Morgan fingerprint density at radius 2 is 2.11 bits per heavy atom. The summed E-state index contributed by atoms with van der Waals surface area (Å²) in [5, 5.41) is 1.02. The van der Waals surface area contributed by atoms with Gasteiger partial charge >= 0.3 is 0 Å². The van der Waals surface area contributed by atoms with E-state index in [9.17, 15) is 13.2 Å². The largest absolute Gasteiger partial charge is 0.376 e. The molecule has 150 valence electrons. The summed E-state index contributed by atoms with van der Waals surface area (Å²) in [6.07, 6.45) is 4.20. The first-order valence-electron chi connectivity index (χ1n) is 9.60. The van der Waals surface area contributed by atoms with E-state index in [1.165, 1.54) is 11.8 Å². The molecule has 2 saturated heterocycles. The normalized spacial score (nSPS) is 23.9. The van der Waals surface area contributed by atoms with Crippen LogP contribution in [-0.2, 0) is 19.4 Å². The summed E-state index contributed by atoms with van der Waals surface area (Å²) in [4.78, 5) is 20.2. The Hall–Kier alpha value is -1.64. The number of ether oxygens (including phenoxy) is 1. The highest BCUT2D eigenvalue weighted by molar-refractivity contribution is 8.00. The number of carbonyl (C=O) groups excluding carboxylic acids is 1. The summed E-state index contributed by atoms with van der Waals surface area (Å²) in [5.41, 5.74) is 0.901. The molecule has 4 rings (SSSR count). The number of nitrogens with zero attached hydrogens (tertiary/aromatic N) is 2. The van der Waals surface area contributed by atoms with Gasteiger partial charge in [0.25, 0.3) is 0 Å². The molecule has 0 saturated carbocycles. The first kappa shape index (κ1) is 19.7. The zero-order chi connectivity index (χ0) is 19.6. The fraction of sp³-hybridized carbons (Fsp3) is 0.500. The van der Waals surface area contributed by atoms with Gasteiger partial charge in [0.1, 0.15) is 0 Å². The van der Waals surface area contributed by atoms with Crippen molar-refractivity contribution in [2.24, 2.45) is 0 Å². The van der Waals surface area contributed by atoms with E-state index in [0.717, 1.165) is 28.6 Å². The van der Waals surface area contributed by atoms with E-state index in [1.807, 2.05) is 30.3 Å². The zero-order valence-electron chi connectivity index (χ0n) is 15.6. The fourth-order valence-corrected chi connectivity index (χ4v) is 6.56. The molecule has 3 heterocycles. The minimum absolute atomic E-state index is 0.0130. The average Bonchev–Trinajstić information content (AvgIpc) is 3.33. The van der Waals surface area contributed by atoms with Gasteiger partial charge < -0.3 is 9.64 Å². The third-order valence-corrected chi connectivity index (χ3v) is 8.16. The SMILES string of the molecule is O=C(CSc1ccnc2ccccc12)N(CC1CCCO1)C1CCS(=O)(=O)C1. The third kappa shape index (κ3) is 4.50. The monoisotopic (exact) mass is 420 g/mol. The zero-order valence-corrected chi connectivity index (χ0v) is 17.3. The van der Waals surface area contributed by atoms with Crippen molar-refractivity contribution < 1.29 is 17.9 Å². The number of aromatic nitrogens is 1. The number of benzene rings is 1. The molecule has 2 aliphatic heterocycles. The standard InChI is InChI=1S/C20H24N2O4S2/c23-20(13-27-19-7-9-21-18-6-2-1-5-17(18)19)22(12-16-4-3-10-26-16)15-8-11-28(24,25)14-15/h1-2,5-7,9,15-16H,3-4,8,10-14H2. The second-order valence-electron chi connectivity index (χ2n) is 7.35. The molecule has 0 aliphatic carbocycles. The molecule has 2 aliphatic rings. The van der Waals surface area contributed by atoms with Gasteiger partial charge in [0.15, 0.2) is 9.84 Å². The van der Waals surface area contributed by atoms with E-state index in [0.29, 0.717) is 19.6 Å². The van der Waals surface area contributed by atoms with Crippen LogP contribution in [0.2, 0.25) is 0 Å². The molecule has 1 amide bonds. The van der Waals surface area contributed by atoms with Crippen LogP contribution in [-0.4, -0.2) is 66.8 Å². The number of carbonyl (C=O) groups is 1. The summed E-state index contributed by atoms with van der Waals surface area (Å²) in [6.45, 7) is 1.20. The lowest BCUT2D eigenvalue weighted by Crippen LogP contribution is -2.46. The molecule has 2 aromatic rings. The molecule has 1 aromatic carbocycles. The molecule has 6 nitrogen and oxygen atoms in total. The number of rotatable bonds is 6. The summed E-state index contributed by atoms with van der Waals surface area (Å²) in [5.74, 6) is 0.476. The molecular weight excluding hydrogens is 396 g/mol. The van der Waals surface area contributed by atoms with E-state index in [4.69, 9.17) is 4.74 Å². The summed E-state index contributed by atoms with van der Waals surface area (Å²) < 4.78 is 29.6. The van der Waals surface area contributed by atoms with Crippen LogP contribution in [0.5, 0.6) is 0 Å². The maximum absolute atomic E-state index is 13.1. The third-order valence-electron chi connectivity index (χ3n) is 5.35. The maximum Gasteiger partial charge on any atom is 0.233 e. The average molecular weight is 421 g/mol. The number of pyridine rings is 1. The number of hydrogen-bond acceptors (Lipinski definition) is 6. The van der Waals surface area contributed by atoms with E-state index in [1.54, 1.807) is 11.1 Å². The van der Waals surface area contributed by atoms with Crippen molar-refractivity contribution in [2.45, 2.75) is 36.3 Å². The molecular formula is C20H24N2O4S2. The second-order valence-corrected chi connectivity index (χ2v) is 10.6. The van der Waals surface area contributed by atoms with Crippen molar-refractivity contribution >= 4 is 38.4 Å². The predicted molar refractivity (Wildman–Crippen MR) is 110 cm³/mol. The van der Waals surface area contributed by atoms with Crippen LogP contribution in [0.3, 0.4) is 0 Å². The van der Waals surface area contributed by atoms with Crippen molar-refractivity contribution in [2.75, 3.05) is 30.4 Å². The molecule has 2 unspecified atom stereocenters. The second kappa shape index (κ2) is 8.39. The van der Waals surface area contributed by atoms with Gasteiger partial charge in [-0.3, -0.25) is 9.78 Å². The number of sulfone groups is 1. The van der Waals surface area contributed by atoms with Crippen LogP contribution in [0.4, 0.5) is 0 Å². The Morgan fingerprint density at radius 3 is 2.86 bits per heavy atom. The van der Waals surface area contributed by atoms with Crippen molar-refractivity contribution in [3.05, 3.63) is 36.5 Å². The summed E-state index contributed by atoms with van der Waals surface area (Å²) in [7, 11) is -3.05. The number of fused-ring (bicyclic) bond motifs is 1. The lowest BCUT2D eigenvalue weighted by Gasteiger charge is -2.30. The maximum atomic E-state index is 13.1. The Bertz CT molecular complexity index is 952. The van der Waals surface area contributed by atoms with Crippen LogP contribution in [0.15, 0.2) is 41.4 Å². The van der Waals surface area contributed by atoms with Gasteiger partial charge in [-0.2, -0.15) is 0 Å². The van der Waals surface area contributed by atoms with Gasteiger partial charge in [-0.1, -0.05) is 18.2 Å². The van der Waals surface area contributed by atoms with Crippen LogP contribution >= 0.6 is 11.8 Å². The molecule has 1 aromatic heterocycles. The van der Waals surface area contributed by atoms with Crippen molar-refractivity contribution in [3.8, 4) is 0 Å². The van der Waals surface area contributed by atoms with Crippen molar-refractivity contribution in [1.82, 2.24) is 9.88 Å². The van der Waals surface area contributed by atoms with Crippen molar-refractivity contribution in [1.29, 1.82) is 0 Å². The highest BCUT2D eigenvalue weighted by Crippen LogP contribution is 2.28. The van der Waals surface area contributed by atoms with Crippen LogP contribution in [0.25, 0.3) is 10.9 Å². The smallest absolute Gasteiger partial charge is 0.233 e. The Morgan fingerprint density at radius 1 is 1.25 bits per heavy atom. The highest BCUT2D eigenvalue weighted by atomic mass is 32.2. The van der Waals surface area contributed by atoms with Gasteiger partial charge in [-0.15, -0.1) is 11.8 Å². The minimum atomic E-state index is -3.05. The van der Waals surface area contributed by atoms with E-state index in [-0.39, 0.29) is 35.3 Å². The molecule has 28 heavy (non-hydrogen) atoms. The minimum Gasteiger partial charge on any atom is -0.376 e. The van der Waals surface area contributed by atoms with E-state index >= 15 is 0 Å². The topological polar surface area (TPSA) is 76.6 Å². The lowest BCUT2D eigenvalue weighted by atomic mass is 10.1. The van der Waals surface area contributed by atoms with E-state index in [2.05, 4.69) is 4.98 Å². The number of amides is 1. The van der Waals surface area contributed by atoms with Crippen LogP contribution in [0.1, 0.15) is 19.3 Å². The molecule has 0 spiro atoms. The fourth-order valence-electron chi connectivity index (χ4n) is 3.90. The van der Waals surface area contributed by atoms with Crippen LogP contribution < -0.4 is 0 Å². The molecule has 0 radical (unpaired) electrons. The van der Waals surface area contributed by atoms with Crippen molar-refractivity contribution in [3.63, 3.8) is 0 Å². The number of para-hydroxylation sites is 1. The molecule has 2 atom stereocenters. The van der Waals surface area contributed by atoms with Gasteiger partial charge in [0.2, 0.25) is 5.91 Å². The number of thioether (sulfide) groups is 1. The molecule has 0 N–H and O–H groups in total. The predicted octanol–water partition coefficient (Wildman–Crippen LogP) is 2.52. The highest BCUT2D eigenvalue weighted by Gasteiger charge is 2.36.